The van der Waals surface area contributed by atoms with Crippen molar-refractivity contribution in [2.45, 2.75) is 12.5 Å². The summed E-state index contributed by atoms with van der Waals surface area (Å²) in [6.07, 6.45) is 4.32. The SMILES string of the molecule is O=C(c1ccc(Cl)cc1Cl)N1CCc2ccccc2C1c1ccncc1. The molecule has 1 aliphatic heterocycles. The molecule has 1 atom stereocenters. The number of fused-ring (bicyclic) bond motifs is 1. The lowest BCUT2D eigenvalue weighted by Crippen LogP contribution is -2.40. The van der Waals surface area contributed by atoms with Gasteiger partial charge in [-0.2, -0.15) is 0 Å². The van der Waals surface area contributed by atoms with Crippen LogP contribution in [0.5, 0.6) is 0 Å². The Balaban J connectivity index is 1.81. The number of hydrogen-bond donors (Lipinski definition) is 0. The van der Waals surface area contributed by atoms with Crippen LogP contribution in [0.3, 0.4) is 0 Å². The van der Waals surface area contributed by atoms with Crippen LogP contribution in [0, 0.1) is 0 Å². The van der Waals surface area contributed by atoms with Crippen molar-refractivity contribution in [3.05, 3.63) is 99.3 Å². The molecule has 1 aliphatic rings. The minimum Gasteiger partial charge on any atom is -0.327 e. The van der Waals surface area contributed by atoms with Gasteiger partial charge in [0.15, 0.2) is 0 Å². The molecule has 0 bridgehead atoms. The van der Waals surface area contributed by atoms with Crippen LogP contribution in [0.2, 0.25) is 10.0 Å². The second-order valence-corrected chi connectivity index (χ2v) is 7.10. The van der Waals surface area contributed by atoms with Gasteiger partial charge < -0.3 is 4.90 Å². The fourth-order valence-electron chi connectivity index (χ4n) is 3.51. The lowest BCUT2D eigenvalue weighted by Gasteiger charge is -2.38. The molecule has 0 spiro atoms. The lowest BCUT2D eigenvalue weighted by molar-refractivity contribution is 0.0694. The predicted octanol–water partition coefficient (Wildman–Crippen LogP) is 5.18. The summed E-state index contributed by atoms with van der Waals surface area (Å²) in [6.45, 7) is 0.627. The Morgan fingerprint density at radius 3 is 2.58 bits per heavy atom. The summed E-state index contributed by atoms with van der Waals surface area (Å²) in [5.41, 5.74) is 3.91. The van der Waals surface area contributed by atoms with Crippen LogP contribution in [0.1, 0.15) is 33.1 Å². The van der Waals surface area contributed by atoms with Crippen LogP contribution in [0.15, 0.2) is 67.0 Å². The predicted molar refractivity (Wildman–Crippen MR) is 104 cm³/mol. The first-order valence-corrected chi connectivity index (χ1v) is 9.14. The highest BCUT2D eigenvalue weighted by Gasteiger charge is 2.33. The van der Waals surface area contributed by atoms with E-state index in [1.807, 2.05) is 29.2 Å². The van der Waals surface area contributed by atoms with Crippen LogP contribution < -0.4 is 0 Å². The van der Waals surface area contributed by atoms with Crippen molar-refractivity contribution in [2.75, 3.05) is 6.54 Å². The second kappa shape index (κ2) is 7.10. The summed E-state index contributed by atoms with van der Waals surface area (Å²) in [6, 6.07) is 17.0. The fraction of sp³-hybridized carbons (Fsp3) is 0.143. The molecule has 0 radical (unpaired) electrons. The first kappa shape index (κ1) is 17.1. The van der Waals surface area contributed by atoms with E-state index in [4.69, 9.17) is 23.2 Å². The van der Waals surface area contributed by atoms with Gasteiger partial charge in [0.1, 0.15) is 0 Å². The molecule has 3 nitrogen and oxygen atoms in total. The average molecular weight is 383 g/mol. The minimum absolute atomic E-state index is 0.0945. The average Bonchev–Trinajstić information content (AvgIpc) is 2.67. The number of hydrogen-bond acceptors (Lipinski definition) is 2. The molecule has 130 valence electrons. The topological polar surface area (TPSA) is 33.2 Å². The number of rotatable bonds is 2. The molecule has 0 aliphatic carbocycles. The number of halogens is 2. The zero-order valence-electron chi connectivity index (χ0n) is 13.9. The number of benzene rings is 2. The first-order chi connectivity index (χ1) is 12.6. The Kier molecular flexibility index (Phi) is 4.66. The highest BCUT2D eigenvalue weighted by molar-refractivity contribution is 6.36. The van der Waals surface area contributed by atoms with Crippen molar-refractivity contribution in [1.29, 1.82) is 0 Å². The van der Waals surface area contributed by atoms with Crippen LogP contribution in [-0.4, -0.2) is 22.3 Å². The van der Waals surface area contributed by atoms with Gasteiger partial charge in [-0.3, -0.25) is 9.78 Å². The highest BCUT2D eigenvalue weighted by Crippen LogP contribution is 2.36. The van der Waals surface area contributed by atoms with Gasteiger partial charge in [0.25, 0.3) is 5.91 Å². The molecule has 26 heavy (non-hydrogen) atoms. The van der Waals surface area contributed by atoms with Crippen LogP contribution in [-0.2, 0) is 6.42 Å². The van der Waals surface area contributed by atoms with Gasteiger partial charge in [-0.15, -0.1) is 0 Å². The maximum atomic E-state index is 13.3. The van der Waals surface area contributed by atoms with E-state index in [0.717, 1.165) is 17.5 Å². The number of aromatic nitrogens is 1. The first-order valence-electron chi connectivity index (χ1n) is 8.39. The minimum atomic E-state index is -0.165. The van der Waals surface area contributed by atoms with E-state index in [1.54, 1.807) is 30.6 Å². The van der Waals surface area contributed by atoms with Gasteiger partial charge in [0.2, 0.25) is 0 Å². The third-order valence-electron chi connectivity index (χ3n) is 4.73. The molecule has 1 aromatic heterocycles. The number of amides is 1. The maximum absolute atomic E-state index is 13.3. The van der Waals surface area contributed by atoms with Gasteiger partial charge in [-0.05, 0) is 53.4 Å². The van der Waals surface area contributed by atoms with Gasteiger partial charge in [-0.1, -0.05) is 47.5 Å². The van der Waals surface area contributed by atoms with Gasteiger partial charge in [0.05, 0.1) is 16.6 Å². The van der Waals surface area contributed by atoms with E-state index in [2.05, 4.69) is 17.1 Å². The Morgan fingerprint density at radius 1 is 1.04 bits per heavy atom. The fourth-order valence-corrected chi connectivity index (χ4v) is 4.00. The van der Waals surface area contributed by atoms with Crippen molar-refractivity contribution in [3.8, 4) is 0 Å². The zero-order chi connectivity index (χ0) is 18.1. The van der Waals surface area contributed by atoms with Crippen molar-refractivity contribution in [2.24, 2.45) is 0 Å². The lowest BCUT2D eigenvalue weighted by atomic mass is 9.88. The normalized spacial score (nSPS) is 16.2. The maximum Gasteiger partial charge on any atom is 0.256 e. The molecule has 3 aromatic rings. The molecule has 4 rings (SSSR count). The summed E-state index contributed by atoms with van der Waals surface area (Å²) in [5.74, 6) is -0.0945. The van der Waals surface area contributed by atoms with Crippen LogP contribution in [0.4, 0.5) is 0 Å². The Labute approximate surface area is 162 Å². The second-order valence-electron chi connectivity index (χ2n) is 6.25. The Morgan fingerprint density at radius 2 is 1.81 bits per heavy atom. The monoisotopic (exact) mass is 382 g/mol. The largest absolute Gasteiger partial charge is 0.327 e. The molecule has 0 saturated carbocycles. The van der Waals surface area contributed by atoms with Gasteiger partial charge in [0, 0.05) is 24.0 Å². The highest BCUT2D eigenvalue weighted by atomic mass is 35.5. The Hall–Kier alpha value is -2.36. The van der Waals surface area contributed by atoms with Gasteiger partial charge >= 0.3 is 0 Å². The zero-order valence-corrected chi connectivity index (χ0v) is 15.4. The van der Waals surface area contributed by atoms with Crippen molar-refractivity contribution in [1.82, 2.24) is 9.88 Å². The smallest absolute Gasteiger partial charge is 0.256 e. The Bertz CT molecular complexity index is 959. The summed E-state index contributed by atoms with van der Waals surface area (Å²) in [7, 11) is 0. The van der Waals surface area contributed by atoms with E-state index in [9.17, 15) is 4.79 Å². The standard InChI is InChI=1S/C21H16Cl2N2O/c22-16-5-6-18(19(23)13-16)21(26)25-12-9-14-3-1-2-4-17(14)20(25)15-7-10-24-11-8-15/h1-8,10-11,13,20H,9,12H2. The van der Waals surface area contributed by atoms with Crippen molar-refractivity contribution >= 4 is 29.1 Å². The molecule has 0 fully saturated rings. The number of carbonyl (C=O) groups is 1. The summed E-state index contributed by atoms with van der Waals surface area (Å²) >= 11 is 12.3. The van der Waals surface area contributed by atoms with Crippen molar-refractivity contribution < 1.29 is 4.79 Å². The summed E-state index contributed by atoms with van der Waals surface area (Å²) < 4.78 is 0. The van der Waals surface area contributed by atoms with E-state index < -0.39 is 0 Å². The summed E-state index contributed by atoms with van der Waals surface area (Å²) in [4.78, 5) is 19.3. The number of pyridine rings is 1. The quantitative estimate of drug-likeness (QED) is 0.611. The molecule has 2 heterocycles. The molecule has 0 saturated heterocycles. The molecule has 1 unspecified atom stereocenters. The van der Waals surface area contributed by atoms with Gasteiger partial charge in [-0.25, -0.2) is 0 Å². The van der Waals surface area contributed by atoms with Crippen molar-refractivity contribution in [3.63, 3.8) is 0 Å². The molecular weight excluding hydrogens is 367 g/mol. The van der Waals surface area contributed by atoms with E-state index >= 15 is 0 Å². The summed E-state index contributed by atoms with van der Waals surface area (Å²) in [5, 5.41) is 0.885. The number of carbonyl (C=O) groups excluding carboxylic acids is 1. The molecule has 0 N–H and O–H groups in total. The van der Waals surface area contributed by atoms with E-state index in [0.29, 0.717) is 22.2 Å². The molecular formula is C21H16Cl2N2O. The third-order valence-corrected chi connectivity index (χ3v) is 5.28. The molecule has 5 heteroatoms. The third kappa shape index (κ3) is 3.09. The number of nitrogens with zero attached hydrogens (tertiary/aromatic N) is 2. The van der Waals surface area contributed by atoms with Crippen LogP contribution in [0.25, 0.3) is 0 Å². The molecule has 2 aromatic carbocycles. The van der Waals surface area contributed by atoms with Crippen LogP contribution >= 0.6 is 23.2 Å². The van der Waals surface area contributed by atoms with E-state index in [1.165, 1.54) is 5.56 Å². The molecule has 1 amide bonds. The van der Waals surface area contributed by atoms with E-state index in [-0.39, 0.29) is 11.9 Å².